The Kier molecular flexibility index (Phi) is 6.71. The van der Waals surface area contributed by atoms with Crippen LogP contribution in [0.2, 0.25) is 0 Å². The molecule has 0 radical (unpaired) electrons. The molecule has 0 saturated heterocycles. The highest BCUT2D eigenvalue weighted by Gasteiger charge is 2.16. The Morgan fingerprint density at radius 2 is 2.10 bits per heavy atom. The molecule has 1 atom stereocenters. The van der Waals surface area contributed by atoms with Gasteiger partial charge in [0.1, 0.15) is 0 Å². The van der Waals surface area contributed by atoms with Gasteiger partial charge in [-0.2, -0.15) is 5.10 Å². The van der Waals surface area contributed by atoms with Crippen LogP contribution in [0.4, 0.5) is 0 Å². The fourth-order valence-corrected chi connectivity index (χ4v) is 2.09. The molecule has 20 heavy (non-hydrogen) atoms. The van der Waals surface area contributed by atoms with E-state index in [2.05, 4.69) is 31.2 Å². The van der Waals surface area contributed by atoms with E-state index in [4.69, 9.17) is 5.73 Å². The normalized spacial score (nSPS) is 12.7. The number of hydrogen-bond donors (Lipinski definition) is 2. The number of hydrogen-bond acceptors (Lipinski definition) is 3. The highest BCUT2D eigenvalue weighted by Crippen LogP contribution is 2.10. The number of nitrogens with one attached hydrogen (secondary N) is 1. The zero-order valence-corrected chi connectivity index (χ0v) is 13.1. The van der Waals surface area contributed by atoms with Gasteiger partial charge < -0.3 is 11.1 Å². The molecule has 114 valence electrons. The van der Waals surface area contributed by atoms with Crippen molar-refractivity contribution in [3.63, 3.8) is 0 Å². The molecule has 0 aliphatic heterocycles. The highest BCUT2D eigenvalue weighted by atomic mass is 16.1. The zero-order chi connectivity index (χ0) is 15.1. The number of aromatic nitrogens is 2. The predicted molar refractivity (Wildman–Crippen MR) is 81.6 cm³/mol. The van der Waals surface area contributed by atoms with Crippen LogP contribution in [0.1, 0.15) is 56.1 Å². The molecule has 1 amide bonds. The lowest BCUT2D eigenvalue weighted by molar-refractivity contribution is 0.0936. The molecule has 5 nitrogen and oxygen atoms in total. The van der Waals surface area contributed by atoms with Gasteiger partial charge in [0.05, 0.1) is 11.8 Å². The molecule has 1 aromatic rings. The maximum atomic E-state index is 12.2. The summed E-state index contributed by atoms with van der Waals surface area (Å²) < 4.78 is 1.85. The highest BCUT2D eigenvalue weighted by molar-refractivity contribution is 5.95. The first-order valence-electron chi connectivity index (χ1n) is 7.49. The van der Waals surface area contributed by atoms with E-state index >= 15 is 0 Å². The maximum Gasteiger partial charge on any atom is 0.254 e. The summed E-state index contributed by atoms with van der Waals surface area (Å²) in [5.74, 6) is 0.632. The second-order valence-electron chi connectivity index (χ2n) is 5.85. The lowest BCUT2D eigenvalue weighted by atomic mass is 10.0. The van der Waals surface area contributed by atoms with Crippen LogP contribution in [0.25, 0.3) is 0 Å². The minimum absolute atomic E-state index is 0.0299. The molecule has 0 aromatic carbocycles. The van der Waals surface area contributed by atoms with E-state index in [-0.39, 0.29) is 11.9 Å². The standard InChI is InChI=1S/C15H28N4O/c1-11(2)6-7-12(3)18-15(20)14-10-17-19(13(14)4)9-5-8-16/h10-12H,5-9,16H2,1-4H3,(H,18,20). The van der Waals surface area contributed by atoms with Gasteiger partial charge in [-0.3, -0.25) is 9.48 Å². The predicted octanol–water partition coefficient (Wildman–Crippen LogP) is 2.09. The number of aryl methyl sites for hydroxylation is 1. The Morgan fingerprint density at radius 1 is 1.40 bits per heavy atom. The van der Waals surface area contributed by atoms with Crippen LogP contribution in [-0.4, -0.2) is 28.3 Å². The van der Waals surface area contributed by atoms with Gasteiger partial charge in [-0.25, -0.2) is 0 Å². The van der Waals surface area contributed by atoms with E-state index in [1.165, 1.54) is 0 Å². The number of nitrogens with zero attached hydrogens (tertiary/aromatic N) is 2. The van der Waals surface area contributed by atoms with E-state index in [9.17, 15) is 4.79 Å². The topological polar surface area (TPSA) is 72.9 Å². The van der Waals surface area contributed by atoms with Gasteiger partial charge in [0.25, 0.3) is 5.91 Å². The summed E-state index contributed by atoms with van der Waals surface area (Å²) in [6, 6.07) is 0.191. The Morgan fingerprint density at radius 3 is 2.70 bits per heavy atom. The van der Waals surface area contributed by atoms with Crippen LogP contribution in [0.15, 0.2) is 6.20 Å². The first kappa shape index (κ1) is 16.7. The third-order valence-corrected chi connectivity index (χ3v) is 3.48. The Bertz CT molecular complexity index is 426. The van der Waals surface area contributed by atoms with Gasteiger partial charge in [0.2, 0.25) is 0 Å². The minimum Gasteiger partial charge on any atom is -0.349 e. The molecular weight excluding hydrogens is 252 g/mol. The fourth-order valence-electron chi connectivity index (χ4n) is 2.09. The van der Waals surface area contributed by atoms with Gasteiger partial charge >= 0.3 is 0 Å². The van der Waals surface area contributed by atoms with E-state index in [1.54, 1.807) is 6.20 Å². The van der Waals surface area contributed by atoms with Crippen LogP contribution in [-0.2, 0) is 6.54 Å². The van der Waals surface area contributed by atoms with Crippen molar-refractivity contribution in [1.29, 1.82) is 0 Å². The van der Waals surface area contributed by atoms with Crippen molar-refractivity contribution in [2.75, 3.05) is 6.54 Å². The molecule has 5 heteroatoms. The number of rotatable bonds is 8. The summed E-state index contributed by atoms with van der Waals surface area (Å²) in [5.41, 5.74) is 7.07. The Balaban J connectivity index is 2.57. The molecule has 1 aromatic heterocycles. The fraction of sp³-hybridized carbons (Fsp3) is 0.733. The summed E-state index contributed by atoms with van der Waals surface area (Å²) in [7, 11) is 0. The van der Waals surface area contributed by atoms with E-state index < -0.39 is 0 Å². The van der Waals surface area contributed by atoms with Crippen LogP contribution in [0.5, 0.6) is 0 Å². The Labute approximate surface area is 121 Å². The molecule has 0 fully saturated rings. The minimum atomic E-state index is -0.0299. The second-order valence-corrected chi connectivity index (χ2v) is 5.85. The summed E-state index contributed by atoms with van der Waals surface area (Å²) >= 11 is 0. The van der Waals surface area contributed by atoms with Crippen molar-refractivity contribution >= 4 is 5.91 Å². The van der Waals surface area contributed by atoms with E-state index in [0.717, 1.165) is 31.5 Å². The van der Waals surface area contributed by atoms with Crippen molar-refractivity contribution in [2.45, 2.75) is 59.5 Å². The van der Waals surface area contributed by atoms with Crippen molar-refractivity contribution in [3.05, 3.63) is 17.5 Å². The summed E-state index contributed by atoms with van der Waals surface area (Å²) in [5, 5.41) is 7.30. The first-order chi connectivity index (χ1) is 9.45. The van der Waals surface area contributed by atoms with E-state index in [1.807, 2.05) is 11.6 Å². The smallest absolute Gasteiger partial charge is 0.254 e. The summed E-state index contributed by atoms with van der Waals surface area (Å²) in [4.78, 5) is 12.2. The SMILES string of the molecule is Cc1c(C(=O)NC(C)CCC(C)C)cnn1CCCN. The lowest BCUT2D eigenvalue weighted by Gasteiger charge is -2.15. The molecule has 0 spiro atoms. The van der Waals surface area contributed by atoms with Crippen LogP contribution < -0.4 is 11.1 Å². The van der Waals surface area contributed by atoms with Crippen molar-refractivity contribution in [3.8, 4) is 0 Å². The third kappa shape index (κ3) is 4.96. The van der Waals surface area contributed by atoms with Gasteiger partial charge in [0.15, 0.2) is 0 Å². The van der Waals surface area contributed by atoms with Crippen molar-refractivity contribution in [2.24, 2.45) is 11.7 Å². The second kappa shape index (κ2) is 8.04. The number of nitrogens with two attached hydrogens (primary N) is 1. The molecule has 0 aliphatic carbocycles. The van der Waals surface area contributed by atoms with Gasteiger partial charge in [-0.05, 0) is 45.6 Å². The summed E-state index contributed by atoms with van der Waals surface area (Å²) in [6.07, 6.45) is 4.64. The molecule has 1 heterocycles. The zero-order valence-electron chi connectivity index (χ0n) is 13.1. The van der Waals surface area contributed by atoms with Gasteiger partial charge in [-0.15, -0.1) is 0 Å². The van der Waals surface area contributed by atoms with Crippen molar-refractivity contribution in [1.82, 2.24) is 15.1 Å². The first-order valence-corrected chi connectivity index (χ1v) is 7.49. The third-order valence-electron chi connectivity index (χ3n) is 3.48. The largest absolute Gasteiger partial charge is 0.349 e. The average molecular weight is 280 g/mol. The lowest BCUT2D eigenvalue weighted by Crippen LogP contribution is -2.33. The van der Waals surface area contributed by atoms with Crippen LogP contribution >= 0.6 is 0 Å². The maximum absolute atomic E-state index is 12.2. The summed E-state index contributed by atoms with van der Waals surface area (Å²) in [6.45, 7) is 9.76. The van der Waals surface area contributed by atoms with Gasteiger partial charge in [0, 0.05) is 18.3 Å². The van der Waals surface area contributed by atoms with Crippen molar-refractivity contribution < 1.29 is 4.79 Å². The molecular formula is C15H28N4O. The quantitative estimate of drug-likeness (QED) is 0.766. The molecule has 3 N–H and O–H groups in total. The molecule has 1 unspecified atom stereocenters. The Hall–Kier alpha value is -1.36. The van der Waals surface area contributed by atoms with E-state index in [0.29, 0.717) is 18.0 Å². The molecule has 1 rings (SSSR count). The molecule has 0 aliphatic rings. The number of carbonyl (C=O) groups excluding carboxylic acids is 1. The number of carbonyl (C=O) groups is 1. The van der Waals surface area contributed by atoms with Gasteiger partial charge in [-0.1, -0.05) is 13.8 Å². The average Bonchev–Trinajstić information content (AvgIpc) is 2.75. The molecule has 0 saturated carbocycles. The number of amides is 1. The molecule has 0 bridgehead atoms. The van der Waals surface area contributed by atoms with Crippen LogP contribution in [0.3, 0.4) is 0 Å². The van der Waals surface area contributed by atoms with Crippen LogP contribution in [0, 0.1) is 12.8 Å². The monoisotopic (exact) mass is 280 g/mol.